The first-order valence-corrected chi connectivity index (χ1v) is 8.54. The highest BCUT2D eigenvalue weighted by atomic mass is 32.2. The molecule has 0 N–H and O–H groups in total. The molecule has 24 heavy (non-hydrogen) atoms. The van der Waals surface area contributed by atoms with Crippen LogP contribution in [-0.2, 0) is 5.75 Å². The third-order valence-corrected chi connectivity index (χ3v) is 4.45. The summed E-state index contributed by atoms with van der Waals surface area (Å²) in [4.78, 5) is 0. The summed E-state index contributed by atoms with van der Waals surface area (Å²) in [7, 11) is 1.57. The van der Waals surface area contributed by atoms with Gasteiger partial charge >= 0.3 is 0 Å². The first-order chi connectivity index (χ1) is 11.7. The molecule has 0 aliphatic carbocycles. The van der Waals surface area contributed by atoms with Crippen molar-refractivity contribution < 1.29 is 4.74 Å². The molecule has 7 nitrogen and oxygen atoms in total. The molecule has 0 bridgehead atoms. The normalized spacial score (nSPS) is 11.0. The zero-order chi connectivity index (χ0) is 16.9. The molecule has 0 aliphatic heterocycles. The Kier molecular flexibility index (Phi) is 5.05. The van der Waals surface area contributed by atoms with Gasteiger partial charge in [0, 0.05) is 11.8 Å². The average molecular weight is 342 g/mol. The molecule has 0 saturated carbocycles. The van der Waals surface area contributed by atoms with Gasteiger partial charge in [-0.25, -0.2) is 0 Å². The second-order valence-electron chi connectivity index (χ2n) is 5.48. The highest BCUT2D eigenvalue weighted by Crippen LogP contribution is 2.23. The summed E-state index contributed by atoms with van der Waals surface area (Å²) in [5.41, 5.74) is 3.06. The van der Waals surface area contributed by atoms with Crippen LogP contribution in [0.4, 0.5) is 0 Å². The van der Waals surface area contributed by atoms with E-state index in [9.17, 15) is 0 Å². The molecule has 124 valence electrons. The van der Waals surface area contributed by atoms with E-state index in [-0.39, 0.29) is 0 Å². The van der Waals surface area contributed by atoms with Crippen LogP contribution in [0.2, 0.25) is 0 Å². The van der Waals surface area contributed by atoms with Gasteiger partial charge in [0.2, 0.25) is 11.0 Å². The van der Waals surface area contributed by atoms with E-state index in [0.717, 1.165) is 11.4 Å². The number of thioether (sulfide) groups is 1. The fraction of sp³-hybridized carbons (Fsp3) is 0.312. The molecule has 0 radical (unpaired) electrons. The number of hydrogen-bond donors (Lipinski definition) is 0. The summed E-state index contributed by atoms with van der Waals surface area (Å²) in [5, 5.41) is 20.7. The molecule has 0 unspecified atom stereocenters. The van der Waals surface area contributed by atoms with Crippen molar-refractivity contribution in [2.45, 2.75) is 30.7 Å². The smallest absolute Gasteiger partial charge is 0.233 e. The lowest BCUT2D eigenvalue weighted by Crippen LogP contribution is -2.00. The van der Waals surface area contributed by atoms with E-state index in [1.165, 1.54) is 17.3 Å². The third-order valence-electron chi connectivity index (χ3n) is 3.50. The van der Waals surface area contributed by atoms with Gasteiger partial charge in [-0.15, -0.1) is 10.2 Å². The summed E-state index contributed by atoms with van der Waals surface area (Å²) in [6.45, 7) is 4.34. The van der Waals surface area contributed by atoms with Gasteiger partial charge in [0.25, 0.3) is 0 Å². The predicted octanol–water partition coefficient (Wildman–Crippen LogP) is 2.88. The van der Waals surface area contributed by atoms with Gasteiger partial charge in [0.15, 0.2) is 0 Å². The van der Waals surface area contributed by atoms with E-state index in [4.69, 9.17) is 4.74 Å². The SMILES string of the molecule is COc1ccc(CSc2nnnn2-c2ccc(C(C)C)cc2)nn1. The van der Waals surface area contributed by atoms with Crippen LogP contribution in [0.3, 0.4) is 0 Å². The van der Waals surface area contributed by atoms with Crippen LogP contribution in [-0.4, -0.2) is 37.5 Å². The third kappa shape index (κ3) is 3.70. The molecule has 3 rings (SSSR count). The van der Waals surface area contributed by atoms with E-state index >= 15 is 0 Å². The van der Waals surface area contributed by atoms with E-state index in [1.807, 2.05) is 18.2 Å². The minimum Gasteiger partial charge on any atom is -0.480 e. The summed E-state index contributed by atoms with van der Waals surface area (Å²) in [5.74, 6) is 1.62. The van der Waals surface area contributed by atoms with Gasteiger partial charge in [-0.1, -0.05) is 37.7 Å². The number of benzene rings is 1. The Morgan fingerprint density at radius 1 is 1.04 bits per heavy atom. The maximum Gasteiger partial charge on any atom is 0.233 e. The summed E-state index contributed by atoms with van der Waals surface area (Å²) >= 11 is 1.51. The van der Waals surface area contributed by atoms with Crippen molar-refractivity contribution in [1.82, 2.24) is 30.4 Å². The van der Waals surface area contributed by atoms with E-state index in [2.05, 4.69) is 51.7 Å². The zero-order valence-corrected chi connectivity index (χ0v) is 14.6. The Morgan fingerprint density at radius 2 is 1.83 bits per heavy atom. The molecule has 3 aromatic rings. The summed E-state index contributed by atoms with van der Waals surface area (Å²) in [6, 6.07) is 11.9. The maximum absolute atomic E-state index is 5.01. The lowest BCUT2D eigenvalue weighted by molar-refractivity contribution is 0.391. The second kappa shape index (κ2) is 7.39. The number of nitrogens with zero attached hydrogens (tertiary/aromatic N) is 6. The summed E-state index contributed by atoms with van der Waals surface area (Å²) < 4.78 is 6.73. The Morgan fingerprint density at radius 3 is 2.46 bits per heavy atom. The highest BCUT2D eigenvalue weighted by Gasteiger charge is 2.10. The zero-order valence-electron chi connectivity index (χ0n) is 13.7. The average Bonchev–Trinajstić information content (AvgIpc) is 3.09. The van der Waals surface area contributed by atoms with Crippen LogP contribution in [0.15, 0.2) is 41.6 Å². The Hall–Kier alpha value is -2.48. The number of aromatic nitrogens is 6. The van der Waals surface area contributed by atoms with E-state index < -0.39 is 0 Å². The number of ether oxygens (including phenoxy) is 1. The lowest BCUT2D eigenvalue weighted by Gasteiger charge is -2.07. The topological polar surface area (TPSA) is 78.6 Å². The molecule has 8 heteroatoms. The Bertz CT molecular complexity index is 785. The molecule has 0 saturated heterocycles. The van der Waals surface area contributed by atoms with Crippen molar-refractivity contribution in [2.24, 2.45) is 0 Å². The first-order valence-electron chi connectivity index (χ1n) is 7.55. The van der Waals surface area contributed by atoms with Crippen molar-refractivity contribution in [2.75, 3.05) is 7.11 Å². The lowest BCUT2D eigenvalue weighted by atomic mass is 10.0. The van der Waals surface area contributed by atoms with E-state index in [1.54, 1.807) is 17.9 Å². The molecular formula is C16H18N6OS. The van der Waals surface area contributed by atoms with Gasteiger partial charge in [-0.05, 0) is 40.1 Å². The molecular weight excluding hydrogens is 324 g/mol. The number of tetrazole rings is 1. The van der Waals surface area contributed by atoms with Crippen molar-refractivity contribution in [3.8, 4) is 11.6 Å². The second-order valence-corrected chi connectivity index (χ2v) is 6.42. The van der Waals surface area contributed by atoms with Crippen molar-refractivity contribution in [1.29, 1.82) is 0 Å². The minimum absolute atomic E-state index is 0.496. The van der Waals surface area contributed by atoms with Crippen LogP contribution in [0.25, 0.3) is 5.69 Å². The summed E-state index contributed by atoms with van der Waals surface area (Å²) in [6.07, 6.45) is 0. The molecule has 2 aromatic heterocycles. The van der Waals surface area contributed by atoms with Crippen LogP contribution in [0.5, 0.6) is 5.88 Å². The van der Waals surface area contributed by atoms with Gasteiger partial charge in [-0.2, -0.15) is 9.78 Å². The largest absolute Gasteiger partial charge is 0.480 e. The molecule has 0 spiro atoms. The van der Waals surface area contributed by atoms with E-state index in [0.29, 0.717) is 22.7 Å². The van der Waals surface area contributed by atoms with Crippen LogP contribution in [0, 0.1) is 0 Å². The number of rotatable bonds is 6. The van der Waals surface area contributed by atoms with Crippen molar-refractivity contribution in [3.05, 3.63) is 47.7 Å². The standard InChI is InChI=1S/C16H18N6OS/c1-11(2)12-4-7-14(8-5-12)22-16(19-20-21-22)24-10-13-6-9-15(23-3)18-17-13/h4-9,11H,10H2,1-3H3. The number of hydrogen-bond acceptors (Lipinski definition) is 7. The van der Waals surface area contributed by atoms with Crippen LogP contribution in [0.1, 0.15) is 31.0 Å². The monoisotopic (exact) mass is 342 g/mol. The predicted molar refractivity (Wildman–Crippen MR) is 91.4 cm³/mol. The minimum atomic E-state index is 0.496. The molecule has 0 aliphatic rings. The molecule has 1 aromatic carbocycles. The number of methoxy groups -OCH3 is 1. The fourth-order valence-corrected chi connectivity index (χ4v) is 2.89. The molecule has 0 atom stereocenters. The molecule has 0 amide bonds. The maximum atomic E-state index is 5.01. The van der Waals surface area contributed by atoms with Gasteiger partial charge < -0.3 is 4.74 Å². The molecule has 2 heterocycles. The van der Waals surface area contributed by atoms with Gasteiger partial charge in [0.05, 0.1) is 18.5 Å². The molecule has 0 fully saturated rings. The Labute approximate surface area is 144 Å². The fourth-order valence-electron chi connectivity index (χ4n) is 2.10. The quantitative estimate of drug-likeness (QED) is 0.637. The highest BCUT2D eigenvalue weighted by molar-refractivity contribution is 7.98. The first kappa shape index (κ1) is 16.4. The Balaban J connectivity index is 1.72. The van der Waals surface area contributed by atoms with Crippen LogP contribution >= 0.6 is 11.8 Å². The van der Waals surface area contributed by atoms with Gasteiger partial charge in [-0.3, -0.25) is 0 Å². The van der Waals surface area contributed by atoms with Crippen LogP contribution < -0.4 is 4.74 Å². The van der Waals surface area contributed by atoms with Crippen molar-refractivity contribution >= 4 is 11.8 Å². The van der Waals surface area contributed by atoms with Gasteiger partial charge in [0.1, 0.15) is 0 Å². The van der Waals surface area contributed by atoms with Crippen molar-refractivity contribution in [3.63, 3.8) is 0 Å².